The smallest absolute Gasteiger partial charge is 0.0443 e. The highest BCUT2D eigenvalue weighted by atomic mass is 14.6. The number of terminal acetylenes is 1. The van der Waals surface area contributed by atoms with Crippen molar-refractivity contribution >= 4 is 0 Å². The second-order valence-electron chi connectivity index (χ2n) is 9.66. The van der Waals surface area contributed by atoms with Crippen LogP contribution in [0.1, 0.15) is 58.2 Å². The molecule has 0 spiro atoms. The molecule has 0 aliphatic carbocycles. The molecular weight excluding hydrogens is 362 g/mol. The summed E-state index contributed by atoms with van der Waals surface area (Å²) in [7, 11) is 0. The lowest BCUT2D eigenvalue weighted by molar-refractivity contribution is 0.590. The molecular formula is C29H29N. The predicted molar refractivity (Wildman–Crippen MR) is 128 cm³/mol. The van der Waals surface area contributed by atoms with Gasteiger partial charge in [0.1, 0.15) is 0 Å². The minimum Gasteiger partial charge on any atom is -0.263 e. The first-order valence-corrected chi connectivity index (χ1v) is 10.3. The standard InChI is InChI=1S/C29H29N/c1-8-9-10-25-26(21-11-15-23(16-12-21)28(2,3)4)19-30-20-27(25)22-13-17-24(18-14-22)29(5,6)7/h1,11-20H,2-7H3. The number of hydrogen-bond acceptors (Lipinski definition) is 1. The summed E-state index contributed by atoms with van der Waals surface area (Å²) in [4.78, 5) is 4.53. The predicted octanol–water partition coefficient (Wildman–Crippen LogP) is 7.00. The molecule has 0 N–H and O–H groups in total. The third-order valence-electron chi connectivity index (χ3n) is 5.33. The van der Waals surface area contributed by atoms with Crippen LogP contribution in [-0.4, -0.2) is 4.98 Å². The summed E-state index contributed by atoms with van der Waals surface area (Å²) in [6, 6.07) is 17.3. The van der Waals surface area contributed by atoms with Crippen LogP contribution in [0, 0.1) is 24.2 Å². The van der Waals surface area contributed by atoms with E-state index < -0.39 is 0 Å². The number of hydrogen-bond donors (Lipinski definition) is 0. The van der Waals surface area contributed by atoms with Crippen LogP contribution < -0.4 is 0 Å². The maximum atomic E-state index is 5.45. The molecule has 3 aromatic rings. The Morgan fingerprint density at radius 1 is 0.667 bits per heavy atom. The van der Waals surface area contributed by atoms with Crippen molar-refractivity contribution in [3.8, 4) is 46.4 Å². The lowest BCUT2D eigenvalue weighted by atomic mass is 9.85. The Balaban J connectivity index is 2.14. The largest absolute Gasteiger partial charge is 0.263 e. The maximum Gasteiger partial charge on any atom is 0.0443 e. The van der Waals surface area contributed by atoms with Gasteiger partial charge >= 0.3 is 0 Å². The van der Waals surface area contributed by atoms with Gasteiger partial charge < -0.3 is 0 Å². The fourth-order valence-corrected chi connectivity index (χ4v) is 3.43. The van der Waals surface area contributed by atoms with Crippen molar-refractivity contribution in [3.05, 3.63) is 77.6 Å². The quantitative estimate of drug-likeness (QED) is 0.429. The molecule has 1 aromatic heterocycles. The molecule has 1 heteroatoms. The highest BCUT2D eigenvalue weighted by Gasteiger charge is 2.17. The topological polar surface area (TPSA) is 12.9 Å². The molecule has 0 radical (unpaired) electrons. The number of aromatic nitrogens is 1. The van der Waals surface area contributed by atoms with Crippen LogP contribution in [0.3, 0.4) is 0 Å². The Kier molecular flexibility index (Phi) is 5.87. The molecule has 0 saturated heterocycles. The van der Waals surface area contributed by atoms with Crippen LogP contribution >= 0.6 is 0 Å². The van der Waals surface area contributed by atoms with Crippen LogP contribution in [0.2, 0.25) is 0 Å². The van der Waals surface area contributed by atoms with E-state index in [4.69, 9.17) is 6.42 Å². The van der Waals surface area contributed by atoms with Crippen LogP contribution in [0.5, 0.6) is 0 Å². The van der Waals surface area contributed by atoms with Gasteiger partial charge in [0, 0.05) is 29.1 Å². The average Bonchev–Trinajstić information content (AvgIpc) is 2.71. The number of pyridine rings is 1. The number of nitrogens with zero attached hydrogens (tertiary/aromatic N) is 1. The zero-order valence-electron chi connectivity index (χ0n) is 18.8. The molecule has 0 aliphatic heterocycles. The van der Waals surface area contributed by atoms with E-state index in [1.165, 1.54) is 11.1 Å². The summed E-state index contributed by atoms with van der Waals surface area (Å²) in [6.07, 6.45) is 9.20. The first-order chi connectivity index (χ1) is 14.1. The summed E-state index contributed by atoms with van der Waals surface area (Å²) >= 11 is 0. The molecule has 30 heavy (non-hydrogen) atoms. The highest BCUT2D eigenvalue weighted by Crippen LogP contribution is 2.33. The molecule has 0 fully saturated rings. The molecule has 0 saturated carbocycles. The summed E-state index contributed by atoms with van der Waals surface area (Å²) in [6.45, 7) is 13.3. The zero-order valence-corrected chi connectivity index (χ0v) is 18.8. The fraction of sp³-hybridized carbons (Fsp3) is 0.276. The Labute approximate surface area is 181 Å². The van der Waals surface area contributed by atoms with E-state index in [1.807, 2.05) is 12.4 Å². The molecule has 1 heterocycles. The van der Waals surface area contributed by atoms with E-state index in [0.29, 0.717) is 0 Å². The van der Waals surface area contributed by atoms with Crippen molar-refractivity contribution < 1.29 is 0 Å². The Morgan fingerprint density at radius 3 is 1.40 bits per heavy atom. The normalized spacial score (nSPS) is 11.4. The maximum absolute atomic E-state index is 5.45. The lowest BCUT2D eigenvalue weighted by Gasteiger charge is -2.20. The van der Waals surface area contributed by atoms with Crippen molar-refractivity contribution in [1.29, 1.82) is 0 Å². The van der Waals surface area contributed by atoms with Crippen LogP contribution in [0.4, 0.5) is 0 Å². The van der Waals surface area contributed by atoms with Crippen LogP contribution in [0.25, 0.3) is 22.3 Å². The van der Waals surface area contributed by atoms with E-state index in [9.17, 15) is 0 Å². The Hall–Kier alpha value is -3.29. The van der Waals surface area contributed by atoms with E-state index in [1.54, 1.807) is 0 Å². The molecule has 2 aromatic carbocycles. The third kappa shape index (κ3) is 4.64. The third-order valence-corrected chi connectivity index (χ3v) is 5.33. The van der Waals surface area contributed by atoms with Gasteiger partial charge in [0.2, 0.25) is 0 Å². The van der Waals surface area contributed by atoms with Gasteiger partial charge in [-0.05, 0) is 44.9 Å². The van der Waals surface area contributed by atoms with Gasteiger partial charge in [-0.2, -0.15) is 0 Å². The molecule has 3 rings (SSSR count). The molecule has 1 nitrogen and oxygen atoms in total. The highest BCUT2D eigenvalue weighted by molar-refractivity contribution is 5.82. The van der Waals surface area contributed by atoms with E-state index in [0.717, 1.165) is 27.8 Å². The summed E-state index contributed by atoms with van der Waals surface area (Å²) in [5.41, 5.74) is 7.89. The van der Waals surface area contributed by atoms with Gasteiger partial charge in [0.25, 0.3) is 0 Å². The first kappa shape index (κ1) is 21.4. The first-order valence-electron chi connectivity index (χ1n) is 10.3. The van der Waals surface area contributed by atoms with Crippen molar-refractivity contribution in [2.75, 3.05) is 0 Å². The van der Waals surface area contributed by atoms with E-state index in [2.05, 4.69) is 113 Å². The molecule has 0 aliphatic rings. The van der Waals surface area contributed by atoms with Gasteiger partial charge in [-0.15, -0.1) is 6.42 Å². The average molecular weight is 392 g/mol. The second-order valence-corrected chi connectivity index (χ2v) is 9.66. The monoisotopic (exact) mass is 391 g/mol. The second kappa shape index (κ2) is 8.22. The van der Waals surface area contributed by atoms with E-state index in [-0.39, 0.29) is 10.8 Å². The zero-order chi connectivity index (χ0) is 21.9. The fourth-order valence-electron chi connectivity index (χ4n) is 3.43. The van der Waals surface area contributed by atoms with Crippen molar-refractivity contribution in [2.45, 2.75) is 52.4 Å². The molecule has 0 unspecified atom stereocenters. The Bertz CT molecular complexity index is 1060. The van der Waals surface area contributed by atoms with Gasteiger partial charge in [0.05, 0.1) is 0 Å². The summed E-state index contributed by atoms with van der Waals surface area (Å²) < 4.78 is 0. The number of rotatable bonds is 2. The van der Waals surface area contributed by atoms with Gasteiger partial charge in [-0.1, -0.05) is 96.0 Å². The van der Waals surface area contributed by atoms with Gasteiger partial charge in [-0.25, -0.2) is 0 Å². The van der Waals surface area contributed by atoms with Gasteiger partial charge in [0.15, 0.2) is 0 Å². The van der Waals surface area contributed by atoms with Crippen LogP contribution in [0.15, 0.2) is 60.9 Å². The van der Waals surface area contributed by atoms with Crippen molar-refractivity contribution in [1.82, 2.24) is 4.98 Å². The molecule has 0 bridgehead atoms. The molecule has 0 atom stereocenters. The van der Waals surface area contributed by atoms with E-state index >= 15 is 0 Å². The van der Waals surface area contributed by atoms with Crippen LogP contribution in [-0.2, 0) is 10.8 Å². The lowest BCUT2D eigenvalue weighted by Crippen LogP contribution is -2.10. The SMILES string of the molecule is C#CC#Cc1c(-c2ccc(C(C)(C)C)cc2)cncc1-c1ccc(C(C)(C)C)cc1. The summed E-state index contributed by atoms with van der Waals surface area (Å²) in [5, 5.41) is 0. The van der Waals surface area contributed by atoms with Gasteiger partial charge in [-0.3, -0.25) is 4.98 Å². The minimum absolute atomic E-state index is 0.111. The molecule has 150 valence electrons. The van der Waals surface area contributed by atoms with Crippen molar-refractivity contribution in [2.24, 2.45) is 0 Å². The molecule has 0 amide bonds. The summed E-state index contributed by atoms with van der Waals surface area (Å²) in [5.74, 6) is 8.45. The number of benzene rings is 2. The van der Waals surface area contributed by atoms with Crippen molar-refractivity contribution in [3.63, 3.8) is 0 Å². The minimum atomic E-state index is 0.111. The Morgan fingerprint density at radius 2 is 1.07 bits per heavy atom.